The van der Waals surface area contributed by atoms with Crippen LogP contribution in [0.25, 0.3) is 22.1 Å². The number of hydrogen-bond donors (Lipinski definition) is 0. The van der Waals surface area contributed by atoms with Crippen molar-refractivity contribution in [3.63, 3.8) is 0 Å². The predicted octanol–water partition coefficient (Wildman–Crippen LogP) is 5.65. The SMILES string of the molecule is O=c1cc(-c2ccccc2)c2cc(Cl)c3c(c2o1)CN(CCc1ccccc1F)CO3. The van der Waals surface area contributed by atoms with Crippen LogP contribution in [0.2, 0.25) is 5.02 Å². The van der Waals surface area contributed by atoms with Crippen molar-refractivity contribution in [1.82, 2.24) is 4.90 Å². The molecule has 1 aliphatic rings. The maximum atomic E-state index is 14.0. The van der Waals surface area contributed by atoms with E-state index in [1.165, 1.54) is 12.1 Å². The molecule has 0 saturated carbocycles. The van der Waals surface area contributed by atoms with Crippen molar-refractivity contribution in [3.05, 3.63) is 99.1 Å². The molecular formula is C25H19ClFNO3. The summed E-state index contributed by atoms with van der Waals surface area (Å²) >= 11 is 6.55. The zero-order valence-corrected chi connectivity index (χ0v) is 17.4. The summed E-state index contributed by atoms with van der Waals surface area (Å²) in [6.07, 6.45) is 0.545. The van der Waals surface area contributed by atoms with Gasteiger partial charge in [0.25, 0.3) is 0 Å². The van der Waals surface area contributed by atoms with Gasteiger partial charge in [-0.25, -0.2) is 9.18 Å². The van der Waals surface area contributed by atoms with Crippen molar-refractivity contribution < 1.29 is 13.5 Å². The van der Waals surface area contributed by atoms with E-state index in [1.54, 1.807) is 18.2 Å². The maximum absolute atomic E-state index is 14.0. The Bertz CT molecular complexity index is 1320. The zero-order valence-electron chi connectivity index (χ0n) is 16.6. The minimum absolute atomic E-state index is 0.215. The minimum atomic E-state index is -0.431. The highest BCUT2D eigenvalue weighted by molar-refractivity contribution is 6.33. The summed E-state index contributed by atoms with van der Waals surface area (Å²) < 4.78 is 25.5. The number of nitrogens with zero attached hydrogens (tertiary/aromatic N) is 1. The third-order valence-corrected chi connectivity index (χ3v) is 5.83. The molecule has 5 rings (SSSR count). The van der Waals surface area contributed by atoms with E-state index in [4.69, 9.17) is 20.8 Å². The van der Waals surface area contributed by atoms with E-state index in [-0.39, 0.29) is 5.82 Å². The summed E-state index contributed by atoms with van der Waals surface area (Å²) in [4.78, 5) is 14.4. The molecule has 0 aliphatic carbocycles. The van der Waals surface area contributed by atoms with Crippen molar-refractivity contribution >= 4 is 22.6 Å². The first-order valence-electron chi connectivity index (χ1n) is 10.0. The van der Waals surface area contributed by atoms with Gasteiger partial charge in [-0.05, 0) is 35.2 Å². The third-order valence-electron chi connectivity index (χ3n) is 5.55. The molecule has 1 aromatic heterocycles. The summed E-state index contributed by atoms with van der Waals surface area (Å²) in [6.45, 7) is 1.41. The second kappa shape index (κ2) is 8.17. The largest absolute Gasteiger partial charge is 0.476 e. The lowest BCUT2D eigenvalue weighted by molar-refractivity contribution is 0.0966. The van der Waals surface area contributed by atoms with Gasteiger partial charge < -0.3 is 9.15 Å². The van der Waals surface area contributed by atoms with E-state index in [9.17, 15) is 9.18 Å². The first-order valence-corrected chi connectivity index (χ1v) is 10.4. The smallest absolute Gasteiger partial charge is 0.336 e. The number of fused-ring (bicyclic) bond motifs is 3. The van der Waals surface area contributed by atoms with Crippen LogP contribution in [0.5, 0.6) is 5.75 Å². The first-order chi connectivity index (χ1) is 15.1. The Labute approximate surface area is 183 Å². The standard InChI is InChI=1S/C25H19ClFNO3/c26-21-12-19-18(16-6-2-1-3-7-16)13-23(29)31-24(19)20-14-28(15-30-25(20)21)11-10-17-8-4-5-9-22(17)27/h1-9,12-13H,10-11,14-15H2. The molecule has 0 spiro atoms. The Morgan fingerprint density at radius 2 is 1.81 bits per heavy atom. The second-order valence-corrected chi connectivity index (χ2v) is 7.96. The average Bonchev–Trinajstić information content (AvgIpc) is 2.79. The van der Waals surface area contributed by atoms with Crippen molar-refractivity contribution in [1.29, 1.82) is 0 Å². The van der Waals surface area contributed by atoms with E-state index in [1.807, 2.05) is 41.3 Å². The van der Waals surface area contributed by atoms with Crippen molar-refractivity contribution in [3.8, 4) is 16.9 Å². The molecule has 0 atom stereocenters. The molecule has 6 heteroatoms. The molecule has 4 nitrogen and oxygen atoms in total. The van der Waals surface area contributed by atoms with Gasteiger partial charge in [0.1, 0.15) is 23.9 Å². The summed E-state index contributed by atoms with van der Waals surface area (Å²) in [5, 5.41) is 1.23. The summed E-state index contributed by atoms with van der Waals surface area (Å²) in [5.41, 5.74) is 3.10. The Hall–Kier alpha value is -3.15. The quantitative estimate of drug-likeness (QED) is 0.389. The lowest BCUT2D eigenvalue weighted by Crippen LogP contribution is -2.34. The van der Waals surface area contributed by atoms with Gasteiger partial charge in [-0.1, -0.05) is 60.1 Å². The van der Waals surface area contributed by atoms with E-state index in [2.05, 4.69) is 0 Å². The fourth-order valence-electron chi connectivity index (χ4n) is 4.01. The zero-order chi connectivity index (χ0) is 21.4. The highest BCUT2D eigenvalue weighted by atomic mass is 35.5. The number of benzene rings is 3. The van der Waals surface area contributed by atoms with Crippen LogP contribution in [0.3, 0.4) is 0 Å². The lowest BCUT2D eigenvalue weighted by atomic mass is 9.99. The molecule has 0 fully saturated rings. The van der Waals surface area contributed by atoms with Gasteiger partial charge >= 0.3 is 5.63 Å². The predicted molar refractivity (Wildman–Crippen MR) is 119 cm³/mol. The van der Waals surface area contributed by atoms with Gasteiger partial charge in [-0.15, -0.1) is 0 Å². The summed E-state index contributed by atoms with van der Waals surface area (Å²) in [7, 11) is 0. The van der Waals surface area contributed by atoms with Gasteiger partial charge in [-0.3, -0.25) is 4.90 Å². The number of hydrogen-bond acceptors (Lipinski definition) is 4. The molecule has 1 aliphatic heterocycles. The molecule has 0 amide bonds. The highest BCUT2D eigenvalue weighted by Gasteiger charge is 2.25. The van der Waals surface area contributed by atoms with Crippen LogP contribution in [0.15, 0.2) is 75.9 Å². The van der Waals surface area contributed by atoms with Gasteiger partial charge in [0.05, 0.1) is 10.6 Å². The van der Waals surface area contributed by atoms with Gasteiger partial charge in [-0.2, -0.15) is 0 Å². The van der Waals surface area contributed by atoms with Crippen molar-refractivity contribution in [2.24, 2.45) is 0 Å². The van der Waals surface area contributed by atoms with Crippen LogP contribution in [0.1, 0.15) is 11.1 Å². The topological polar surface area (TPSA) is 42.7 Å². The molecule has 0 saturated heterocycles. The Morgan fingerprint density at radius 1 is 1.03 bits per heavy atom. The van der Waals surface area contributed by atoms with Crippen molar-refractivity contribution in [2.45, 2.75) is 13.0 Å². The minimum Gasteiger partial charge on any atom is -0.476 e. The highest BCUT2D eigenvalue weighted by Crippen LogP contribution is 2.41. The molecule has 4 aromatic rings. The van der Waals surface area contributed by atoms with Crippen LogP contribution in [0.4, 0.5) is 4.39 Å². The van der Waals surface area contributed by atoms with E-state index in [0.29, 0.717) is 48.2 Å². The van der Waals surface area contributed by atoms with Crippen molar-refractivity contribution in [2.75, 3.05) is 13.3 Å². The normalized spacial score (nSPS) is 13.7. The van der Waals surface area contributed by atoms with Gasteiger partial charge in [0, 0.05) is 24.5 Å². The first kappa shape index (κ1) is 19.8. The molecule has 0 bridgehead atoms. The fraction of sp³-hybridized carbons (Fsp3) is 0.160. The van der Waals surface area contributed by atoms with E-state index < -0.39 is 5.63 Å². The molecule has 156 valence electrons. The third kappa shape index (κ3) is 3.82. The molecule has 0 radical (unpaired) electrons. The molecular weight excluding hydrogens is 417 g/mol. The molecule has 2 heterocycles. The number of ether oxygens (including phenoxy) is 1. The van der Waals surface area contributed by atoms with Crippen LogP contribution >= 0.6 is 11.6 Å². The Morgan fingerprint density at radius 3 is 2.61 bits per heavy atom. The van der Waals surface area contributed by atoms with Gasteiger partial charge in [0.2, 0.25) is 0 Å². The molecule has 31 heavy (non-hydrogen) atoms. The maximum Gasteiger partial charge on any atom is 0.336 e. The second-order valence-electron chi connectivity index (χ2n) is 7.56. The Balaban J connectivity index is 1.54. The van der Waals surface area contributed by atoms with Crippen LogP contribution in [-0.2, 0) is 13.0 Å². The molecule has 0 N–H and O–H groups in total. The fourth-order valence-corrected chi connectivity index (χ4v) is 4.29. The van der Waals surface area contributed by atoms with E-state index >= 15 is 0 Å². The van der Waals surface area contributed by atoms with E-state index in [0.717, 1.165) is 22.1 Å². The number of rotatable bonds is 4. The summed E-state index contributed by atoms with van der Waals surface area (Å²) in [6, 6.07) is 19.7. The van der Waals surface area contributed by atoms with Crippen LogP contribution in [0, 0.1) is 5.82 Å². The molecule has 0 unspecified atom stereocenters. The summed E-state index contributed by atoms with van der Waals surface area (Å²) in [5.74, 6) is 0.317. The van der Waals surface area contributed by atoms with Crippen LogP contribution in [-0.4, -0.2) is 18.2 Å². The average molecular weight is 436 g/mol. The lowest BCUT2D eigenvalue weighted by Gasteiger charge is -2.30. The van der Waals surface area contributed by atoms with Crippen LogP contribution < -0.4 is 10.4 Å². The number of halogens is 2. The van der Waals surface area contributed by atoms with Gasteiger partial charge in [0.15, 0.2) is 0 Å². The molecule has 3 aromatic carbocycles. The monoisotopic (exact) mass is 435 g/mol. The Kier molecular flexibility index (Phi) is 5.22.